The summed E-state index contributed by atoms with van der Waals surface area (Å²) in [6.07, 6.45) is 2.12. The predicted octanol–water partition coefficient (Wildman–Crippen LogP) is -0.0554. The van der Waals surface area contributed by atoms with Crippen LogP contribution >= 0.6 is 0 Å². The van der Waals surface area contributed by atoms with Crippen LogP contribution < -0.4 is 5.32 Å². The molecule has 0 aromatic carbocycles. The highest BCUT2D eigenvalue weighted by Crippen LogP contribution is 2.06. The molecular weight excluding hydrogens is 198 g/mol. The van der Waals surface area contributed by atoms with Gasteiger partial charge < -0.3 is 19.5 Å². The molecule has 0 aliphatic carbocycles. The highest BCUT2D eigenvalue weighted by molar-refractivity contribution is 5.70. The minimum Gasteiger partial charge on any atom is -0.462 e. The Kier molecular flexibility index (Phi) is 6.31. The van der Waals surface area contributed by atoms with Gasteiger partial charge in [-0.3, -0.25) is 0 Å². The topological polar surface area (TPSA) is 56.8 Å². The number of piperidine rings is 1. The van der Waals surface area contributed by atoms with Gasteiger partial charge in [0.2, 0.25) is 0 Å². The Hall–Kier alpha value is -0.650. The molecule has 0 unspecified atom stereocenters. The van der Waals surface area contributed by atoms with Gasteiger partial charge in [-0.15, -0.1) is 0 Å². The fourth-order valence-corrected chi connectivity index (χ4v) is 1.43. The molecule has 1 N–H and O–H groups in total. The van der Waals surface area contributed by atoms with E-state index in [-0.39, 0.29) is 18.7 Å². The lowest BCUT2D eigenvalue weighted by atomic mass is 10.1. The zero-order valence-electron chi connectivity index (χ0n) is 9.16. The summed E-state index contributed by atoms with van der Waals surface area (Å²) in [5.41, 5.74) is 0. The van der Waals surface area contributed by atoms with Gasteiger partial charge >= 0.3 is 5.97 Å². The van der Waals surface area contributed by atoms with Crippen molar-refractivity contribution >= 4 is 5.97 Å². The number of carbonyl (C=O) groups is 1. The number of carbonyl (C=O) groups excluding carboxylic acids is 1. The van der Waals surface area contributed by atoms with E-state index < -0.39 is 0 Å². The molecule has 88 valence electrons. The van der Waals surface area contributed by atoms with Gasteiger partial charge in [-0.2, -0.15) is 0 Å². The first kappa shape index (κ1) is 12.4. The third-order valence-electron chi connectivity index (χ3n) is 2.27. The van der Waals surface area contributed by atoms with Gasteiger partial charge in [0.15, 0.2) is 0 Å². The molecule has 0 aromatic heterocycles. The second kappa shape index (κ2) is 7.62. The second-order valence-electron chi connectivity index (χ2n) is 3.47. The molecule has 0 aromatic rings. The number of hydrogen-bond acceptors (Lipinski definition) is 5. The molecule has 1 fully saturated rings. The lowest BCUT2D eigenvalue weighted by Gasteiger charge is -2.22. The largest absolute Gasteiger partial charge is 0.462 e. The van der Waals surface area contributed by atoms with E-state index in [0.717, 1.165) is 25.9 Å². The van der Waals surface area contributed by atoms with Gasteiger partial charge in [0.05, 0.1) is 12.7 Å². The molecular formula is C10H19NO4. The molecule has 1 saturated heterocycles. The van der Waals surface area contributed by atoms with Gasteiger partial charge in [0.25, 0.3) is 0 Å². The standard InChI is InChI=1S/C10H19NO4/c1-13-6-7-14-10(12)8-15-9-2-4-11-5-3-9/h9,11H,2-8H2,1H3. The molecule has 5 heteroatoms. The number of ether oxygens (including phenoxy) is 3. The van der Waals surface area contributed by atoms with Crippen LogP contribution in [0, 0.1) is 0 Å². The average molecular weight is 217 g/mol. The van der Waals surface area contributed by atoms with Gasteiger partial charge in [0.1, 0.15) is 13.2 Å². The predicted molar refractivity (Wildman–Crippen MR) is 54.7 cm³/mol. The summed E-state index contributed by atoms with van der Waals surface area (Å²) in [7, 11) is 1.57. The van der Waals surface area contributed by atoms with Crippen molar-refractivity contribution < 1.29 is 19.0 Å². The van der Waals surface area contributed by atoms with Crippen LogP contribution in [0.5, 0.6) is 0 Å². The Balaban J connectivity index is 2.00. The molecule has 1 rings (SSSR count). The van der Waals surface area contributed by atoms with Crippen molar-refractivity contribution in [2.45, 2.75) is 18.9 Å². The first-order valence-corrected chi connectivity index (χ1v) is 5.30. The van der Waals surface area contributed by atoms with Crippen molar-refractivity contribution in [3.05, 3.63) is 0 Å². The van der Waals surface area contributed by atoms with Crippen LogP contribution in [-0.2, 0) is 19.0 Å². The van der Waals surface area contributed by atoms with Crippen molar-refractivity contribution in [3.8, 4) is 0 Å². The molecule has 1 aliphatic rings. The lowest BCUT2D eigenvalue weighted by molar-refractivity contribution is -0.152. The van der Waals surface area contributed by atoms with E-state index in [0.29, 0.717) is 13.2 Å². The Labute approximate surface area is 90.1 Å². The van der Waals surface area contributed by atoms with E-state index >= 15 is 0 Å². The summed E-state index contributed by atoms with van der Waals surface area (Å²) >= 11 is 0. The van der Waals surface area contributed by atoms with Gasteiger partial charge in [-0.1, -0.05) is 0 Å². The van der Waals surface area contributed by atoms with E-state index in [1.54, 1.807) is 7.11 Å². The van der Waals surface area contributed by atoms with Gasteiger partial charge in [0, 0.05) is 7.11 Å². The molecule has 0 atom stereocenters. The number of methoxy groups -OCH3 is 1. The highest BCUT2D eigenvalue weighted by atomic mass is 16.6. The Morgan fingerprint density at radius 1 is 1.33 bits per heavy atom. The first-order chi connectivity index (χ1) is 7.33. The van der Waals surface area contributed by atoms with Crippen molar-refractivity contribution in [3.63, 3.8) is 0 Å². The van der Waals surface area contributed by atoms with Crippen LogP contribution in [0.2, 0.25) is 0 Å². The van der Waals surface area contributed by atoms with Crippen LogP contribution in [0.3, 0.4) is 0 Å². The number of nitrogens with one attached hydrogen (secondary N) is 1. The smallest absolute Gasteiger partial charge is 0.332 e. The Bertz CT molecular complexity index is 180. The maximum atomic E-state index is 11.1. The van der Waals surface area contributed by atoms with Crippen molar-refractivity contribution in [1.82, 2.24) is 5.32 Å². The monoisotopic (exact) mass is 217 g/mol. The lowest BCUT2D eigenvalue weighted by Crippen LogP contribution is -2.33. The molecule has 0 saturated carbocycles. The molecule has 0 spiro atoms. The summed E-state index contributed by atoms with van der Waals surface area (Å²) in [5, 5.41) is 3.23. The summed E-state index contributed by atoms with van der Waals surface area (Å²) in [5.74, 6) is -0.314. The second-order valence-corrected chi connectivity index (χ2v) is 3.47. The van der Waals surface area contributed by atoms with E-state index in [1.807, 2.05) is 0 Å². The van der Waals surface area contributed by atoms with E-state index in [4.69, 9.17) is 14.2 Å². The normalized spacial score (nSPS) is 17.7. The van der Waals surface area contributed by atoms with Crippen LogP contribution in [0.15, 0.2) is 0 Å². The first-order valence-electron chi connectivity index (χ1n) is 5.30. The summed E-state index contributed by atoms with van der Waals surface area (Å²) < 4.78 is 15.0. The van der Waals surface area contributed by atoms with Crippen LogP contribution in [0.4, 0.5) is 0 Å². The van der Waals surface area contributed by atoms with Gasteiger partial charge in [-0.05, 0) is 25.9 Å². The summed E-state index contributed by atoms with van der Waals surface area (Å²) in [4.78, 5) is 11.1. The van der Waals surface area contributed by atoms with E-state index in [9.17, 15) is 4.79 Å². The molecule has 1 heterocycles. The van der Waals surface area contributed by atoms with E-state index in [2.05, 4.69) is 5.32 Å². The fourth-order valence-electron chi connectivity index (χ4n) is 1.43. The molecule has 15 heavy (non-hydrogen) atoms. The zero-order valence-corrected chi connectivity index (χ0v) is 9.16. The maximum Gasteiger partial charge on any atom is 0.332 e. The Morgan fingerprint density at radius 3 is 2.73 bits per heavy atom. The maximum absolute atomic E-state index is 11.1. The molecule has 5 nitrogen and oxygen atoms in total. The third kappa shape index (κ3) is 5.71. The minimum atomic E-state index is -0.314. The molecule has 0 radical (unpaired) electrons. The summed E-state index contributed by atoms with van der Waals surface area (Å²) in [6.45, 7) is 2.70. The highest BCUT2D eigenvalue weighted by Gasteiger charge is 2.15. The zero-order chi connectivity index (χ0) is 10.9. The molecule has 0 amide bonds. The van der Waals surface area contributed by atoms with Crippen molar-refractivity contribution in [2.75, 3.05) is 40.0 Å². The van der Waals surface area contributed by atoms with Gasteiger partial charge in [-0.25, -0.2) is 4.79 Å². The van der Waals surface area contributed by atoms with E-state index in [1.165, 1.54) is 0 Å². The molecule has 1 aliphatic heterocycles. The SMILES string of the molecule is COCCOC(=O)COC1CCNCC1. The third-order valence-corrected chi connectivity index (χ3v) is 2.27. The average Bonchev–Trinajstić information content (AvgIpc) is 2.28. The number of rotatable bonds is 6. The number of hydrogen-bond donors (Lipinski definition) is 1. The summed E-state index contributed by atoms with van der Waals surface area (Å²) in [6, 6.07) is 0. The number of esters is 1. The Morgan fingerprint density at radius 2 is 2.07 bits per heavy atom. The van der Waals surface area contributed by atoms with Crippen LogP contribution in [0.1, 0.15) is 12.8 Å². The van der Waals surface area contributed by atoms with Crippen LogP contribution in [-0.4, -0.2) is 52.1 Å². The van der Waals surface area contributed by atoms with Crippen molar-refractivity contribution in [1.29, 1.82) is 0 Å². The van der Waals surface area contributed by atoms with Crippen LogP contribution in [0.25, 0.3) is 0 Å². The minimum absolute atomic E-state index is 0.0500. The quantitative estimate of drug-likeness (QED) is 0.499. The molecule has 0 bridgehead atoms. The van der Waals surface area contributed by atoms with Crippen molar-refractivity contribution in [2.24, 2.45) is 0 Å². The fraction of sp³-hybridized carbons (Fsp3) is 0.900.